The predicted octanol–water partition coefficient (Wildman–Crippen LogP) is 1.24. The molecule has 2 rings (SSSR count). The molecule has 2 atom stereocenters. The zero-order chi connectivity index (χ0) is 11.1. The summed E-state index contributed by atoms with van der Waals surface area (Å²) >= 11 is 0. The van der Waals surface area contributed by atoms with Crippen LogP contribution in [0.3, 0.4) is 0 Å². The van der Waals surface area contributed by atoms with Crippen molar-refractivity contribution in [3.8, 4) is 0 Å². The average molecular weight is 210 g/mol. The van der Waals surface area contributed by atoms with Gasteiger partial charge in [0.15, 0.2) is 0 Å². The summed E-state index contributed by atoms with van der Waals surface area (Å²) in [4.78, 5) is 14.4. The van der Waals surface area contributed by atoms with Crippen molar-refractivity contribution in [1.29, 1.82) is 0 Å². The highest BCUT2D eigenvalue weighted by Gasteiger charge is 2.52. The number of carbonyl (C=O) groups is 1. The van der Waals surface area contributed by atoms with E-state index in [2.05, 4.69) is 19.2 Å². The van der Waals surface area contributed by atoms with Gasteiger partial charge in [-0.2, -0.15) is 0 Å². The molecular weight excluding hydrogens is 188 g/mol. The van der Waals surface area contributed by atoms with E-state index in [1.807, 2.05) is 11.9 Å². The monoisotopic (exact) mass is 210 g/mol. The van der Waals surface area contributed by atoms with Crippen LogP contribution in [0.5, 0.6) is 0 Å². The Labute approximate surface area is 92.2 Å². The fraction of sp³-hybridized carbons (Fsp3) is 0.917. The molecule has 1 aliphatic carbocycles. The molecule has 1 saturated carbocycles. The summed E-state index contributed by atoms with van der Waals surface area (Å²) in [6, 6.07) is 0.314. The molecule has 0 unspecified atom stereocenters. The number of nitrogens with zero attached hydrogens (tertiary/aromatic N) is 1. The minimum atomic E-state index is -0.0565. The number of carbonyl (C=O) groups excluding carboxylic acids is 1. The van der Waals surface area contributed by atoms with E-state index in [9.17, 15) is 4.79 Å². The molecule has 2 aliphatic rings. The lowest BCUT2D eigenvalue weighted by molar-refractivity contribution is -0.142. The first-order valence-corrected chi connectivity index (χ1v) is 6.06. The molecule has 3 heteroatoms. The molecule has 0 bridgehead atoms. The molecule has 0 aromatic rings. The molecular formula is C12H22N2O. The van der Waals surface area contributed by atoms with Crippen molar-refractivity contribution >= 4 is 5.91 Å². The van der Waals surface area contributed by atoms with Gasteiger partial charge in [-0.25, -0.2) is 0 Å². The second-order valence-corrected chi connectivity index (χ2v) is 5.39. The summed E-state index contributed by atoms with van der Waals surface area (Å²) in [5, 5.41) is 3.39. The molecule has 1 amide bonds. The van der Waals surface area contributed by atoms with Crippen molar-refractivity contribution in [3.05, 3.63) is 0 Å². The Hall–Kier alpha value is -0.570. The number of hydrogen-bond acceptors (Lipinski definition) is 2. The maximum absolute atomic E-state index is 12.5. The second-order valence-electron chi connectivity index (χ2n) is 5.39. The molecule has 1 N–H and O–H groups in total. The normalized spacial score (nSPS) is 34.5. The predicted molar refractivity (Wildman–Crippen MR) is 60.5 cm³/mol. The van der Waals surface area contributed by atoms with Gasteiger partial charge in [0.1, 0.15) is 0 Å². The molecule has 3 nitrogen and oxygen atoms in total. The lowest BCUT2D eigenvalue weighted by atomic mass is 9.79. The SMILES string of the molecule is CC(C)N(C)C(=O)[C@@]12CCC[C@@H]1CNC2. The maximum atomic E-state index is 12.5. The highest BCUT2D eigenvalue weighted by Crippen LogP contribution is 2.46. The summed E-state index contributed by atoms with van der Waals surface area (Å²) < 4.78 is 0. The molecule has 0 aromatic carbocycles. The molecule has 2 fully saturated rings. The molecule has 0 aromatic heterocycles. The highest BCUT2D eigenvalue weighted by molar-refractivity contribution is 5.84. The Morgan fingerprint density at radius 1 is 1.53 bits per heavy atom. The molecule has 1 heterocycles. The minimum absolute atomic E-state index is 0.0565. The van der Waals surface area contributed by atoms with Gasteiger partial charge in [-0.3, -0.25) is 4.79 Å². The molecule has 1 saturated heterocycles. The Morgan fingerprint density at radius 3 is 2.93 bits per heavy atom. The van der Waals surface area contributed by atoms with Crippen LogP contribution in [-0.4, -0.2) is 37.0 Å². The van der Waals surface area contributed by atoms with Crippen molar-refractivity contribution in [2.45, 2.75) is 39.2 Å². The third-order valence-electron chi connectivity index (χ3n) is 4.31. The van der Waals surface area contributed by atoms with Crippen molar-refractivity contribution in [2.24, 2.45) is 11.3 Å². The van der Waals surface area contributed by atoms with Crippen LogP contribution in [0.15, 0.2) is 0 Å². The Balaban J connectivity index is 2.17. The Bertz CT molecular complexity index is 252. The van der Waals surface area contributed by atoms with Crippen LogP contribution in [0.4, 0.5) is 0 Å². The maximum Gasteiger partial charge on any atom is 0.230 e. The molecule has 0 spiro atoms. The molecule has 86 valence electrons. The largest absolute Gasteiger partial charge is 0.343 e. The zero-order valence-corrected chi connectivity index (χ0v) is 10.0. The summed E-state index contributed by atoms with van der Waals surface area (Å²) in [6.07, 6.45) is 3.54. The van der Waals surface area contributed by atoms with E-state index in [0.29, 0.717) is 17.9 Å². The fourth-order valence-electron chi connectivity index (χ4n) is 3.09. The first-order chi connectivity index (χ1) is 7.08. The first-order valence-electron chi connectivity index (χ1n) is 6.06. The summed E-state index contributed by atoms with van der Waals surface area (Å²) in [6.45, 7) is 6.10. The Kier molecular flexibility index (Phi) is 2.75. The number of hydrogen-bond donors (Lipinski definition) is 1. The van der Waals surface area contributed by atoms with Gasteiger partial charge >= 0.3 is 0 Å². The van der Waals surface area contributed by atoms with Crippen LogP contribution < -0.4 is 5.32 Å². The van der Waals surface area contributed by atoms with E-state index >= 15 is 0 Å². The average Bonchev–Trinajstić information content (AvgIpc) is 2.73. The number of nitrogens with one attached hydrogen (secondary N) is 1. The summed E-state index contributed by atoms with van der Waals surface area (Å²) in [7, 11) is 1.94. The third kappa shape index (κ3) is 1.57. The summed E-state index contributed by atoms with van der Waals surface area (Å²) in [5.74, 6) is 0.955. The van der Waals surface area contributed by atoms with Crippen LogP contribution in [0, 0.1) is 11.3 Å². The number of rotatable bonds is 2. The van der Waals surface area contributed by atoms with E-state index in [4.69, 9.17) is 0 Å². The number of fused-ring (bicyclic) bond motifs is 1. The van der Waals surface area contributed by atoms with Crippen LogP contribution in [0.25, 0.3) is 0 Å². The molecule has 15 heavy (non-hydrogen) atoms. The van der Waals surface area contributed by atoms with Gasteiger partial charge in [0.05, 0.1) is 5.41 Å². The zero-order valence-electron chi connectivity index (χ0n) is 10.0. The first kappa shape index (κ1) is 10.9. The van der Waals surface area contributed by atoms with E-state index in [1.54, 1.807) is 0 Å². The van der Waals surface area contributed by atoms with Crippen LogP contribution in [-0.2, 0) is 4.79 Å². The fourth-order valence-corrected chi connectivity index (χ4v) is 3.09. The van der Waals surface area contributed by atoms with Gasteiger partial charge in [0, 0.05) is 19.6 Å². The second kappa shape index (κ2) is 3.78. The van der Waals surface area contributed by atoms with Crippen molar-refractivity contribution in [2.75, 3.05) is 20.1 Å². The topological polar surface area (TPSA) is 32.3 Å². The van der Waals surface area contributed by atoms with Gasteiger partial charge in [-0.05, 0) is 39.2 Å². The number of amides is 1. The van der Waals surface area contributed by atoms with E-state index in [1.165, 1.54) is 12.8 Å². The van der Waals surface area contributed by atoms with E-state index < -0.39 is 0 Å². The van der Waals surface area contributed by atoms with Crippen molar-refractivity contribution in [3.63, 3.8) is 0 Å². The lowest BCUT2D eigenvalue weighted by Gasteiger charge is -2.34. The van der Waals surface area contributed by atoms with Gasteiger partial charge in [-0.1, -0.05) is 6.42 Å². The van der Waals surface area contributed by atoms with Crippen LogP contribution in [0.2, 0.25) is 0 Å². The molecule has 0 radical (unpaired) electrons. The van der Waals surface area contributed by atoms with Crippen molar-refractivity contribution in [1.82, 2.24) is 10.2 Å². The minimum Gasteiger partial charge on any atom is -0.343 e. The van der Waals surface area contributed by atoms with Crippen LogP contribution >= 0.6 is 0 Å². The Morgan fingerprint density at radius 2 is 2.27 bits per heavy atom. The van der Waals surface area contributed by atoms with Gasteiger partial charge in [0.25, 0.3) is 0 Å². The van der Waals surface area contributed by atoms with Crippen molar-refractivity contribution < 1.29 is 4.79 Å². The van der Waals surface area contributed by atoms with E-state index in [0.717, 1.165) is 19.5 Å². The van der Waals surface area contributed by atoms with Gasteiger partial charge < -0.3 is 10.2 Å². The lowest BCUT2D eigenvalue weighted by Crippen LogP contribution is -2.47. The van der Waals surface area contributed by atoms with Gasteiger partial charge in [0.2, 0.25) is 5.91 Å². The molecule has 1 aliphatic heterocycles. The smallest absolute Gasteiger partial charge is 0.230 e. The quantitative estimate of drug-likeness (QED) is 0.744. The highest BCUT2D eigenvalue weighted by atomic mass is 16.2. The van der Waals surface area contributed by atoms with Gasteiger partial charge in [-0.15, -0.1) is 0 Å². The standard InChI is InChI=1S/C12H22N2O/c1-9(2)14(3)11(15)12-6-4-5-10(12)7-13-8-12/h9-10,13H,4-8H2,1-3H3/t10-,12-/m1/s1. The van der Waals surface area contributed by atoms with E-state index in [-0.39, 0.29) is 5.41 Å². The third-order valence-corrected chi connectivity index (χ3v) is 4.31. The summed E-state index contributed by atoms with van der Waals surface area (Å²) in [5.41, 5.74) is -0.0565. The van der Waals surface area contributed by atoms with Crippen LogP contribution in [0.1, 0.15) is 33.1 Å².